The number of carbonyl (C=O) groups is 2. The van der Waals surface area contributed by atoms with Gasteiger partial charge in [0, 0.05) is 34.6 Å². The van der Waals surface area contributed by atoms with Crippen LogP contribution in [0.5, 0.6) is 0 Å². The van der Waals surface area contributed by atoms with Crippen LogP contribution in [0, 0.1) is 12.8 Å². The standard InChI is InChI=1S/C19H21N5OS.CH2O2/c1-11-10-26-19(20-11)13-2-3-15-14(8-13)17(23-22-15)18(25)21-16-9-24-6-4-12(16)5-7-24;2-1-3/h2-3,8,10,12,16H,4-7,9H2,1H3,(H,21,25)(H,22,23);1H,(H,2,3)/t16-;/m0./s1. The number of amides is 1. The molecule has 8 nitrogen and oxygen atoms in total. The fourth-order valence-electron chi connectivity index (χ4n) is 4.17. The Kier molecular flexibility index (Phi) is 5.59. The van der Waals surface area contributed by atoms with E-state index in [-0.39, 0.29) is 18.4 Å². The fraction of sp³-hybridized carbons (Fsp3) is 0.400. The summed E-state index contributed by atoms with van der Waals surface area (Å²) in [6, 6.07) is 6.25. The smallest absolute Gasteiger partial charge is 0.290 e. The van der Waals surface area contributed by atoms with Gasteiger partial charge in [-0.05, 0) is 57.0 Å². The molecule has 1 amide bonds. The van der Waals surface area contributed by atoms with Gasteiger partial charge in [-0.2, -0.15) is 5.10 Å². The number of hydrogen-bond donors (Lipinski definition) is 3. The zero-order chi connectivity index (χ0) is 20.4. The highest BCUT2D eigenvalue weighted by atomic mass is 32.1. The Labute approximate surface area is 171 Å². The third-order valence-electron chi connectivity index (χ3n) is 5.62. The lowest BCUT2D eigenvalue weighted by molar-refractivity contribution is -0.122. The van der Waals surface area contributed by atoms with E-state index in [4.69, 9.17) is 9.90 Å². The van der Waals surface area contributed by atoms with Crippen molar-refractivity contribution in [2.24, 2.45) is 5.92 Å². The second-order valence-corrected chi connectivity index (χ2v) is 8.31. The molecule has 1 aromatic carbocycles. The number of nitrogens with zero attached hydrogens (tertiary/aromatic N) is 3. The molecule has 0 unspecified atom stereocenters. The highest BCUT2D eigenvalue weighted by Gasteiger charge is 2.35. The first-order valence-electron chi connectivity index (χ1n) is 9.60. The molecule has 0 aliphatic carbocycles. The molecule has 6 rings (SSSR count). The summed E-state index contributed by atoms with van der Waals surface area (Å²) in [7, 11) is 0. The Morgan fingerprint density at radius 2 is 2.14 bits per heavy atom. The Hall–Kier alpha value is -2.78. The fourth-order valence-corrected chi connectivity index (χ4v) is 4.97. The molecule has 152 valence electrons. The van der Waals surface area contributed by atoms with Crippen LogP contribution in [0.4, 0.5) is 0 Å². The Morgan fingerprint density at radius 3 is 2.76 bits per heavy atom. The van der Waals surface area contributed by atoms with E-state index < -0.39 is 0 Å². The number of rotatable bonds is 3. The zero-order valence-corrected chi connectivity index (χ0v) is 16.9. The van der Waals surface area contributed by atoms with E-state index in [1.807, 2.05) is 30.5 Å². The zero-order valence-electron chi connectivity index (χ0n) is 16.1. The Morgan fingerprint density at radius 1 is 1.38 bits per heavy atom. The SMILES string of the molecule is Cc1csc(-c2ccc3[nH]nc(C(=O)N[C@H]4CN5CCC4CC5)c3c2)n1.O=CO. The van der Waals surface area contributed by atoms with Gasteiger partial charge in [0.1, 0.15) is 5.01 Å². The van der Waals surface area contributed by atoms with Crippen molar-refractivity contribution in [3.05, 3.63) is 35.0 Å². The average Bonchev–Trinajstić information content (AvgIpc) is 3.35. The topological polar surface area (TPSA) is 111 Å². The molecule has 2 bridgehead atoms. The van der Waals surface area contributed by atoms with E-state index in [0.717, 1.165) is 33.7 Å². The first-order valence-corrected chi connectivity index (χ1v) is 10.5. The molecule has 3 aliphatic heterocycles. The molecule has 29 heavy (non-hydrogen) atoms. The largest absolute Gasteiger partial charge is 0.483 e. The second kappa shape index (κ2) is 8.30. The average molecular weight is 414 g/mol. The van der Waals surface area contributed by atoms with Crippen LogP contribution in [-0.2, 0) is 4.79 Å². The van der Waals surface area contributed by atoms with Gasteiger partial charge in [-0.25, -0.2) is 4.98 Å². The van der Waals surface area contributed by atoms with Crippen LogP contribution in [0.3, 0.4) is 0 Å². The number of nitrogens with one attached hydrogen (secondary N) is 2. The van der Waals surface area contributed by atoms with Crippen LogP contribution in [0.15, 0.2) is 23.6 Å². The molecule has 0 spiro atoms. The first-order chi connectivity index (χ1) is 14.1. The molecule has 0 saturated carbocycles. The molecule has 1 atom stereocenters. The van der Waals surface area contributed by atoms with Crippen molar-refractivity contribution in [1.29, 1.82) is 0 Å². The van der Waals surface area contributed by atoms with E-state index >= 15 is 0 Å². The van der Waals surface area contributed by atoms with E-state index in [1.165, 1.54) is 25.9 Å². The summed E-state index contributed by atoms with van der Waals surface area (Å²) in [5, 5.41) is 21.3. The van der Waals surface area contributed by atoms with Crippen molar-refractivity contribution in [3.8, 4) is 10.6 Å². The van der Waals surface area contributed by atoms with Gasteiger partial charge in [-0.3, -0.25) is 14.7 Å². The van der Waals surface area contributed by atoms with Crippen LogP contribution in [0.1, 0.15) is 29.0 Å². The van der Waals surface area contributed by atoms with Crippen LogP contribution in [0.2, 0.25) is 0 Å². The predicted octanol–water partition coefficient (Wildman–Crippen LogP) is 2.52. The van der Waals surface area contributed by atoms with E-state index in [2.05, 4.69) is 25.4 Å². The summed E-state index contributed by atoms with van der Waals surface area (Å²) in [6.07, 6.45) is 2.36. The lowest BCUT2D eigenvalue weighted by Gasteiger charge is -2.44. The molecule has 9 heteroatoms. The number of aromatic nitrogens is 3. The number of aromatic amines is 1. The van der Waals surface area contributed by atoms with Gasteiger partial charge in [0.15, 0.2) is 5.69 Å². The van der Waals surface area contributed by atoms with Gasteiger partial charge in [-0.1, -0.05) is 0 Å². The highest BCUT2D eigenvalue weighted by molar-refractivity contribution is 7.13. The monoisotopic (exact) mass is 413 g/mol. The number of fused-ring (bicyclic) bond motifs is 4. The quantitative estimate of drug-likeness (QED) is 0.569. The van der Waals surface area contributed by atoms with Crippen molar-refractivity contribution in [2.45, 2.75) is 25.8 Å². The second-order valence-electron chi connectivity index (χ2n) is 7.45. The van der Waals surface area contributed by atoms with Gasteiger partial charge < -0.3 is 15.3 Å². The number of carbonyl (C=O) groups excluding carboxylic acids is 1. The van der Waals surface area contributed by atoms with E-state index in [1.54, 1.807) is 11.3 Å². The van der Waals surface area contributed by atoms with Gasteiger partial charge in [0.05, 0.1) is 5.52 Å². The molecule has 3 aliphatic rings. The van der Waals surface area contributed by atoms with Gasteiger partial charge in [-0.15, -0.1) is 11.3 Å². The normalized spacial score (nSPS) is 22.7. The number of aryl methyl sites for hydroxylation is 1. The minimum atomic E-state index is -0.250. The lowest BCUT2D eigenvalue weighted by atomic mass is 9.84. The maximum atomic E-state index is 12.9. The van der Waals surface area contributed by atoms with Crippen LogP contribution in [-0.4, -0.2) is 63.2 Å². The summed E-state index contributed by atoms with van der Waals surface area (Å²) >= 11 is 1.62. The number of benzene rings is 1. The van der Waals surface area contributed by atoms with Crippen molar-refractivity contribution in [3.63, 3.8) is 0 Å². The minimum absolute atomic E-state index is 0.0810. The molecular formula is C20H23N5O3S. The summed E-state index contributed by atoms with van der Waals surface area (Å²) in [5.74, 6) is 0.519. The molecule has 2 aromatic heterocycles. The number of thiazole rings is 1. The van der Waals surface area contributed by atoms with Crippen molar-refractivity contribution in [2.75, 3.05) is 19.6 Å². The maximum Gasteiger partial charge on any atom is 0.290 e. The number of hydrogen-bond acceptors (Lipinski definition) is 6. The Balaban J connectivity index is 0.000000645. The third kappa shape index (κ3) is 4.01. The van der Waals surface area contributed by atoms with Crippen molar-refractivity contribution < 1.29 is 14.7 Å². The number of piperidine rings is 3. The molecule has 0 radical (unpaired) electrons. The lowest BCUT2D eigenvalue weighted by Crippen LogP contribution is -2.57. The molecule has 3 fully saturated rings. The Bertz CT molecular complexity index is 1020. The minimum Gasteiger partial charge on any atom is -0.483 e. The predicted molar refractivity (Wildman–Crippen MR) is 111 cm³/mol. The molecule has 3 N–H and O–H groups in total. The highest BCUT2D eigenvalue weighted by Crippen LogP contribution is 2.29. The van der Waals surface area contributed by atoms with Crippen molar-refractivity contribution >= 4 is 34.6 Å². The summed E-state index contributed by atoms with van der Waals surface area (Å²) < 4.78 is 0. The van der Waals surface area contributed by atoms with Crippen LogP contribution >= 0.6 is 11.3 Å². The van der Waals surface area contributed by atoms with E-state index in [9.17, 15) is 4.79 Å². The molecular weight excluding hydrogens is 390 g/mol. The maximum absolute atomic E-state index is 12.9. The number of carboxylic acid groups (broad SMARTS) is 1. The van der Waals surface area contributed by atoms with Crippen LogP contribution < -0.4 is 5.32 Å². The molecule has 3 aromatic rings. The summed E-state index contributed by atoms with van der Waals surface area (Å²) in [6.45, 7) is 5.03. The van der Waals surface area contributed by atoms with Crippen LogP contribution in [0.25, 0.3) is 21.5 Å². The van der Waals surface area contributed by atoms with E-state index in [0.29, 0.717) is 11.6 Å². The summed E-state index contributed by atoms with van der Waals surface area (Å²) in [5.41, 5.74) is 3.39. The molecule has 5 heterocycles. The first kappa shape index (κ1) is 19.5. The molecule has 3 saturated heterocycles. The number of H-pyrrole nitrogens is 1. The van der Waals surface area contributed by atoms with Gasteiger partial charge in [0.25, 0.3) is 12.4 Å². The third-order valence-corrected chi connectivity index (χ3v) is 6.63. The van der Waals surface area contributed by atoms with Gasteiger partial charge in [0.2, 0.25) is 0 Å². The van der Waals surface area contributed by atoms with Crippen molar-refractivity contribution in [1.82, 2.24) is 25.4 Å². The van der Waals surface area contributed by atoms with Gasteiger partial charge >= 0.3 is 0 Å². The summed E-state index contributed by atoms with van der Waals surface area (Å²) in [4.78, 5) is 28.2.